The molecule has 9 atom stereocenters. The summed E-state index contributed by atoms with van der Waals surface area (Å²) in [5.74, 6) is 1.63. The predicted octanol–water partition coefficient (Wildman–Crippen LogP) is 3.88. The maximum Gasteiger partial charge on any atom is 0.309 e. The monoisotopic (exact) mass is 390 g/mol. The van der Waals surface area contributed by atoms with Crippen LogP contribution in [0.15, 0.2) is 0 Å². The number of carbonyl (C=O) groups excluding carboxylic acids is 2. The molecule has 5 heteroatoms. The van der Waals surface area contributed by atoms with E-state index in [2.05, 4.69) is 13.8 Å². The van der Waals surface area contributed by atoms with Crippen LogP contribution in [0.3, 0.4) is 0 Å². The average Bonchev–Trinajstić information content (AvgIpc) is 3.31. The van der Waals surface area contributed by atoms with Crippen molar-refractivity contribution in [3.05, 3.63) is 0 Å². The van der Waals surface area contributed by atoms with Gasteiger partial charge in [-0.3, -0.25) is 9.59 Å². The van der Waals surface area contributed by atoms with Gasteiger partial charge in [-0.1, -0.05) is 13.8 Å². The number of ether oxygens (including phenoxy) is 3. The highest BCUT2D eigenvalue weighted by Gasteiger charge is 2.81. The highest BCUT2D eigenvalue weighted by atomic mass is 16.6. The fourth-order valence-electron chi connectivity index (χ4n) is 8.49. The summed E-state index contributed by atoms with van der Waals surface area (Å²) < 4.78 is 17.2. The Morgan fingerprint density at radius 2 is 1.79 bits per heavy atom. The zero-order valence-electron chi connectivity index (χ0n) is 17.7. The maximum atomic E-state index is 12.5. The summed E-state index contributed by atoms with van der Waals surface area (Å²) in [5, 5.41) is 0. The molecule has 156 valence electrons. The second-order valence-corrected chi connectivity index (χ2v) is 10.7. The Morgan fingerprint density at radius 3 is 2.50 bits per heavy atom. The van der Waals surface area contributed by atoms with Crippen LogP contribution in [0.5, 0.6) is 0 Å². The predicted molar refractivity (Wildman–Crippen MR) is 102 cm³/mol. The first kappa shape index (κ1) is 18.9. The molecular formula is C23H34O5. The first-order chi connectivity index (χ1) is 13.3. The minimum absolute atomic E-state index is 0.0116. The van der Waals surface area contributed by atoms with Crippen LogP contribution in [-0.2, 0) is 23.8 Å². The third-order valence-electron chi connectivity index (χ3n) is 9.86. The third-order valence-corrected chi connectivity index (χ3v) is 9.86. The Hall–Kier alpha value is -1.10. The van der Waals surface area contributed by atoms with E-state index in [1.807, 2.05) is 0 Å². The van der Waals surface area contributed by atoms with Crippen LogP contribution in [0.4, 0.5) is 0 Å². The van der Waals surface area contributed by atoms with E-state index in [1.54, 1.807) is 0 Å². The molecule has 1 aliphatic heterocycles. The zero-order chi connectivity index (χ0) is 19.9. The summed E-state index contributed by atoms with van der Waals surface area (Å²) in [6, 6.07) is 0. The van der Waals surface area contributed by atoms with Gasteiger partial charge in [-0.2, -0.15) is 0 Å². The normalized spacial score (nSPS) is 53.9. The van der Waals surface area contributed by atoms with Crippen LogP contribution in [0.25, 0.3) is 0 Å². The van der Waals surface area contributed by atoms with Gasteiger partial charge in [0.1, 0.15) is 11.7 Å². The van der Waals surface area contributed by atoms with Gasteiger partial charge in [0.15, 0.2) is 0 Å². The molecule has 0 aromatic rings. The van der Waals surface area contributed by atoms with Crippen molar-refractivity contribution < 1.29 is 23.8 Å². The lowest BCUT2D eigenvalue weighted by Gasteiger charge is -2.60. The van der Waals surface area contributed by atoms with Crippen molar-refractivity contribution in [3.8, 4) is 0 Å². The molecule has 0 bridgehead atoms. The van der Waals surface area contributed by atoms with Crippen molar-refractivity contribution in [3.63, 3.8) is 0 Å². The summed E-state index contributed by atoms with van der Waals surface area (Å²) in [7, 11) is 1.52. The molecule has 0 unspecified atom stereocenters. The molecule has 1 heterocycles. The first-order valence-electron chi connectivity index (χ1n) is 11.2. The zero-order valence-corrected chi connectivity index (χ0v) is 17.7. The molecular weight excluding hydrogens is 356 g/mol. The minimum Gasteiger partial charge on any atom is -0.469 e. The topological polar surface area (TPSA) is 65.1 Å². The molecule has 28 heavy (non-hydrogen) atoms. The Morgan fingerprint density at radius 1 is 1.00 bits per heavy atom. The van der Waals surface area contributed by atoms with Gasteiger partial charge in [0.05, 0.1) is 19.1 Å². The van der Waals surface area contributed by atoms with Gasteiger partial charge in [0, 0.05) is 12.3 Å². The molecule has 5 rings (SSSR count). The lowest BCUT2D eigenvalue weighted by atomic mass is 9.44. The standard InChI is InChI=1S/C23H34O5/c1-13(24)27-15-7-9-21(2)14(11-15)5-6-17-16(21)8-10-22(3)18(20(25)26-4)12-19-23(17,22)28-19/h14-19H,5-12H2,1-4H3/t14-,15+,16+,17-,18+,19-,21+,22-,23-/m1/s1. The third kappa shape index (κ3) is 2.23. The Kier molecular flexibility index (Phi) is 4.02. The number of hydrogen-bond acceptors (Lipinski definition) is 5. The van der Waals surface area contributed by atoms with Crippen molar-refractivity contribution in [2.75, 3.05) is 7.11 Å². The summed E-state index contributed by atoms with van der Waals surface area (Å²) in [5.41, 5.74) is 0.120. The van der Waals surface area contributed by atoms with E-state index < -0.39 is 0 Å². The first-order valence-corrected chi connectivity index (χ1v) is 11.2. The molecule has 0 N–H and O–H groups in total. The summed E-state index contributed by atoms with van der Waals surface area (Å²) >= 11 is 0. The van der Waals surface area contributed by atoms with Crippen LogP contribution >= 0.6 is 0 Å². The van der Waals surface area contributed by atoms with E-state index >= 15 is 0 Å². The van der Waals surface area contributed by atoms with E-state index in [9.17, 15) is 9.59 Å². The Labute approximate surface area is 167 Å². The van der Waals surface area contributed by atoms with E-state index in [0.717, 1.165) is 32.1 Å². The van der Waals surface area contributed by atoms with Gasteiger partial charge in [0.25, 0.3) is 0 Å². The lowest BCUT2D eigenvalue weighted by Crippen LogP contribution is -2.59. The number of fused-ring (bicyclic) bond motifs is 3. The number of hydrogen-bond donors (Lipinski definition) is 0. The van der Waals surface area contributed by atoms with E-state index in [0.29, 0.717) is 23.2 Å². The van der Waals surface area contributed by atoms with E-state index in [4.69, 9.17) is 14.2 Å². The van der Waals surface area contributed by atoms with Crippen LogP contribution in [0.2, 0.25) is 0 Å². The summed E-state index contributed by atoms with van der Waals surface area (Å²) in [4.78, 5) is 23.9. The minimum atomic E-state index is -0.149. The maximum absolute atomic E-state index is 12.5. The van der Waals surface area contributed by atoms with Gasteiger partial charge in [-0.05, 0) is 74.5 Å². The highest BCUT2D eigenvalue weighted by molar-refractivity contribution is 5.75. The van der Waals surface area contributed by atoms with Crippen molar-refractivity contribution in [2.45, 2.75) is 89.9 Å². The SMILES string of the molecule is COC(=O)[C@@H]1C[C@H]2O[C@]23[C@@H]2CC[C@@H]4C[C@@H](OC(C)=O)CC[C@]4(C)[C@H]2CC[C@]13C. The van der Waals surface area contributed by atoms with Crippen LogP contribution in [0, 0.1) is 34.5 Å². The highest BCUT2D eigenvalue weighted by Crippen LogP contribution is 2.76. The van der Waals surface area contributed by atoms with Crippen LogP contribution in [-0.4, -0.2) is 36.9 Å². The quantitative estimate of drug-likeness (QED) is 0.529. The number of carbonyl (C=O) groups is 2. The second-order valence-electron chi connectivity index (χ2n) is 10.7. The molecule has 0 amide bonds. The fourth-order valence-corrected chi connectivity index (χ4v) is 8.49. The largest absolute Gasteiger partial charge is 0.469 e. The molecule has 4 saturated carbocycles. The Balaban J connectivity index is 1.40. The van der Waals surface area contributed by atoms with Gasteiger partial charge in [-0.25, -0.2) is 0 Å². The lowest BCUT2D eigenvalue weighted by molar-refractivity contribution is -0.173. The number of methoxy groups -OCH3 is 1. The second kappa shape index (κ2) is 5.96. The molecule has 1 spiro atoms. The van der Waals surface area contributed by atoms with Crippen molar-refractivity contribution in [1.29, 1.82) is 0 Å². The molecule has 1 saturated heterocycles. The summed E-state index contributed by atoms with van der Waals surface area (Å²) in [6.45, 7) is 6.31. The molecule has 0 radical (unpaired) electrons. The molecule has 5 fully saturated rings. The smallest absolute Gasteiger partial charge is 0.309 e. The molecule has 0 aromatic heterocycles. The van der Waals surface area contributed by atoms with E-state index in [-0.39, 0.29) is 41.1 Å². The number of rotatable bonds is 2. The van der Waals surface area contributed by atoms with Crippen molar-refractivity contribution in [1.82, 2.24) is 0 Å². The Bertz CT molecular complexity index is 705. The van der Waals surface area contributed by atoms with Gasteiger partial charge >= 0.3 is 11.9 Å². The van der Waals surface area contributed by atoms with Crippen molar-refractivity contribution >= 4 is 11.9 Å². The van der Waals surface area contributed by atoms with Gasteiger partial charge in [0.2, 0.25) is 0 Å². The summed E-state index contributed by atoms with van der Waals surface area (Å²) in [6.07, 6.45) is 8.90. The number of esters is 2. The molecule has 5 nitrogen and oxygen atoms in total. The van der Waals surface area contributed by atoms with Gasteiger partial charge in [-0.15, -0.1) is 0 Å². The molecule has 5 aliphatic rings. The van der Waals surface area contributed by atoms with Crippen LogP contribution in [0.1, 0.15) is 72.1 Å². The fraction of sp³-hybridized carbons (Fsp3) is 0.913. The van der Waals surface area contributed by atoms with Gasteiger partial charge < -0.3 is 14.2 Å². The van der Waals surface area contributed by atoms with E-state index in [1.165, 1.54) is 33.3 Å². The van der Waals surface area contributed by atoms with Crippen molar-refractivity contribution in [2.24, 2.45) is 34.5 Å². The van der Waals surface area contributed by atoms with Crippen LogP contribution < -0.4 is 0 Å². The number of epoxide rings is 1. The average molecular weight is 391 g/mol. The molecule has 4 aliphatic carbocycles. The molecule has 0 aromatic carbocycles.